The fourth-order valence-corrected chi connectivity index (χ4v) is 5.53. The second-order valence-corrected chi connectivity index (χ2v) is 10.1. The van der Waals surface area contributed by atoms with E-state index in [2.05, 4.69) is 35.9 Å². The largest absolute Gasteiger partial charge is 0.497 e. The second kappa shape index (κ2) is 11.2. The number of thiazole rings is 1. The van der Waals surface area contributed by atoms with E-state index in [1.165, 1.54) is 11.3 Å². The van der Waals surface area contributed by atoms with Gasteiger partial charge in [-0.3, -0.25) is 9.36 Å². The zero-order valence-corrected chi connectivity index (χ0v) is 23.0. The lowest BCUT2D eigenvalue weighted by Crippen LogP contribution is -2.40. The molecule has 0 radical (unpaired) electrons. The molecule has 7 nitrogen and oxygen atoms in total. The molecule has 1 aliphatic heterocycles. The molecule has 4 rings (SSSR count). The maximum absolute atomic E-state index is 13.8. The van der Waals surface area contributed by atoms with Crippen molar-refractivity contribution in [1.29, 1.82) is 0 Å². The Kier molecular flexibility index (Phi) is 7.97. The number of anilines is 1. The number of hydrogen-bond acceptors (Lipinski definition) is 7. The van der Waals surface area contributed by atoms with Crippen molar-refractivity contribution >= 4 is 29.1 Å². The molecule has 37 heavy (non-hydrogen) atoms. The van der Waals surface area contributed by atoms with Gasteiger partial charge >= 0.3 is 5.97 Å². The highest BCUT2D eigenvalue weighted by Crippen LogP contribution is 2.31. The van der Waals surface area contributed by atoms with Crippen LogP contribution in [0.25, 0.3) is 6.08 Å². The fourth-order valence-electron chi connectivity index (χ4n) is 4.48. The topological polar surface area (TPSA) is 73.1 Å². The lowest BCUT2D eigenvalue weighted by atomic mass is 9.96. The van der Waals surface area contributed by atoms with Crippen molar-refractivity contribution in [1.82, 2.24) is 4.57 Å². The first kappa shape index (κ1) is 26.4. The smallest absolute Gasteiger partial charge is 0.338 e. The van der Waals surface area contributed by atoms with Gasteiger partial charge in [-0.15, -0.1) is 0 Å². The average Bonchev–Trinajstić information content (AvgIpc) is 3.18. The highest BCUT2D eigenvalue weighted by molar-refractivity contribution is 7.07. The van der Waals surface area contributed by atoms with Gasteiger partial charge in [-0.1, -0.05) is 35.6 Å². The molecule has 0 aliphatic carbocycles. The lowest BCUT2D eigenvalue weighted by molar-refractivity contribution is -0.143. The standard InChI is InChI=1S/C29H33N3O4S/c1-7-31(8-2)22-13-9-20(10-14-22)17-24-27(33)32-26(21-11-15-23(35-6)16-12-21)25(28(34)36-18(3)4)19(5)30-29(32)37-24/h9-18,26H,7-8H2,1-6H3/b24-17-. The summed E-state index contributed by atoms with van der Waals surface area (Å²) in [4.78, 5) is 34.4. The first-order chi connectivity index (χ1) is 17.8. The van der Waals surface area contributed by atoms with E-state index in [9.17, 15) is 9.59 Å². The van der Waals surface area contributed by atoms with Crippen molar-refractivity contribution in [3.63, 3.8) is 0 Å². The van der Waals surface area contributed by atoms with E-state index in [1.54, 1.807) is 32.4 Å². The number of rotatable bonds is 8. The van der Waals surface area contributed by atoms with E-state index in [0.717, 1.165) is 29.9 Å². The van der Waals surface area contributed by atoms with Crippen LogP contribution < -0.4 is 24.5 Å². The van der Waals surface area contributed by atoms with Gasteiger partial charge in [-0.05, 0) is 76.1 Å². The van der Waals surface area contributed by atoms with Crippen LogP contribution in [0.15, 0.2) is 69.6 Å². The van der Waals surface area contributed by atoms with Crippen LogP contribution in [-0.2, 0) is 9.53 Å². The molecule has 3 aromatic rings. The SMILES string of the molecule is CCN(CC)c1ccc(/C=c2\sc3n(c2=O)C(c2ccc(OC)cc2)C(C(=O)OC(C)C)=C(C)N=3)cc1. The summed E-state index contributed by atoms with van der Waals surface area (Å²) >= 11 is 1.32. The van der Waals surface area contributed by atoms with Crippen molar-refractivity contribution in [2.75, 3.05) is 25.1 Å². The van der Waals surface area contributed by atoms with Crippen LogP contribution >= 0.6 is 11.3 Å². The minimum Gasteiger partial charge on any atom is -0.497 e. The number of methoxy groups -OCH3 is 1. The summed E-state index contributed by atoms with van der Waals surface area (Å²) in [6, 6.07) is 14.9. The van der Waals surface area contributed by atoms with Crippen LogP contribution in [0.4, 0.5) is 5.69 Å². The summed E-state index contributed by atoms with van der Waals surface area (Å²) in [5.41, 5.74) is 3.57. The number of carbonyl (C=O) groups is 1. The number of nitrogens with zero attached hydrogens (tertiary/aromatic N) is 3. The molecule has 1 unspecified atom stereocenters. The number of carbonyl (C=O) groups excluding carboxylic acids is 1. The number of esters is 1. The fraction of sp³-hybridized carbons (Fsp3) is 0.345. The first-order valence-corrected chi connectivity index (χ1v) is 13.3. The summed E-state index contributed by atoms with van der Waals surface area (Å²) < 4.78 is 13.0. The normalized spacial score (nSPS) is 15.4. The minimum atomic E-state index is -0.652. The Morgan fingerprint density at radius 1 is 1.11 bits per heavy atom. The quantitative estimate of drug-likeness (QED) is 0.420. The minimum absolute atomic E-state index is 0.195. The number of benzene rings is 2. The van der Waals surface area contributed by atoms with E-state index in [1.807, 2.05) is 42.5 Å². The molecule has 0 spiro atoms. The molecule has 8 heteroatoms. The van der Waals surface area contributed by atoms with Crippen molar-refractivity contribution in [3.8, 4) is 5.75 Å². The van der Waals surface area contributed by atoms with Crippen LogP contribution in [0, 0.1) is 0 Å². The summed E-state index contributed by atoms with van der Waals surface area (Å²) in [5, 5.41) is 0. The summed E-state index contributed by atoms with van der Waals surface area (Å²) in [7, 11) is 1.60. The maximum Gasteiger partial charge on any atom is 0.338 e. The van der Waals surface area contributed by atoms with Crippen LogP contribution in [0.3, 0.4) is 0 Å². The highest BCUT2D eigenvalue weighted by atomic mass is 32.1. The molecule has 2 aromatic carbocycles. The van der Waals surface area contributed by atoms with E-state index >= 15 is 0 Å². The second-order valence-electron chi connectivity index (χ2n) is 9.07. The lowest BCUT2D eigenvalue weighted by Gasteiger charge is -2.25. The van der Waals surface area contributed by atoms with Gasteiger partial charge in [-0.2, -0.15) is 0 Å². The van der Waals surface area contributed by atoms with Crippen LogP contribution in [-0.4, -0.2) is 36.8 Å². The Balaban J connectivity index is 1.84. The molecule has 0 fully saturated rings. The third-order valence-electron chi connectivity index (χ3n) is 6.34. The zero-order chi connectivity index (χ0) is 26.7. The molecule has 0 saturated heterocycles. The van der Waals surface area contributed by atoms with Gasteiger partial charge in [0.2, 0.25) is 0 Å². The van der Waals surface area contributed by atoms with E-state index in [-0.39, 0.29) is 11.7 Å². The molecule has 0 bridgehead atoms. The Hall–Kier alpha value is -3.65. The molecule has 1 aromatic heterocycles. The van der Waals surface area contributed by atoms with Crippen molar-refractivity contribution in [2.24, 2.45) is 4.99 Å². The summed E-state index contributed by atoms with van der Waals surface area (Å²) in [6.07, 6.45) is 1.58. The van der Waals surface area contributed by atoms with Crippen LogP contribution in [0.1, 0.15) is 51.8 Å². The molecule has 0 saturated carbocycles. The molecule has 0 amide bonds. The molecule has 0 N–H and O–H groups in total. The summed E-state index contributed by atoms with van der Waals surface area (Å²) in [6.45, 7) is 11.5. The molecular weight excluding hydrogens is 486 g/mol. The van der Waals surface area contributed by atoms with E-state index in [4.69, 9.17) is 9.47 Å². The number of allylic oxidation sites excluding steroid dienone is 1. The zero-order valence-electron chi connectivity index (χ0n) is 22.1. The number of hydrogen-bond donors (Lipinski definition) is 0. The predicted molar refractivity (Wildman–Crippen MR) is 148 cm³/mol. The molecule has 1 atom stereocenters. The van der Waals surface area contributed by atoms with Crippen molar-refractivity contribution in [2.45, 2.75) is 46.8 Å². The van der Waals surface area contributed by atoms with Crippen LogP contribution in [0.2, 0.25) is 0 Å². The third-order valence-corrected chi connectivity index (χ3v) is 7.32. The van der Waals surface area contributed by atoms with Crippen molar-refractivity contribution in [3.05, 3.63) is 90.6 Å². The van der Waals surface area contributed by atoms with Gasteiger partial charge < -0.3 is 14.4 Å². The van der Waals surface area contributed by atoms with E-state index < -0.39 is 12.0 Å². The first-order valence-electron chi connectivity index (χ1n) is 12.5. The Labute approximate surface area is 221 Å². The number of fused-ring (bicyclic) bond motifs is 1. The third kappa shape index (κ3) is 5.39. The van der Waals surface area contributed by atoms with Gasteiger partial charge in [0.05, 0.1) is 35.1 Å². The molecule has 2 heterocycles. The van der Waals surface area contributed by atoms with Gasteiger partial charge in [0, 0.05) is 18.8 Å². The molecule has 1 aliphatic rings. The Bertz CT molecular complexity index is 1480. The number of aromatic nitrogens is 1. The summed E-state index contributed by atoms with van der Waals surface area (Å²) in [5.74, 6) is 0.217. The Morgan fingerprint density at radius 2 is 1.76 bits per heavy atom. The number of ether oxygens (including phenoxy) is 2. The van der Waals surface area contributed by atoms with Gasteiger partial charge in [0.1, 0.15) is 5.75 Å². The van der Waals surface area contributed by atoms with Crippen molar-refractivity contribution < 1.29 is 14.3 Å². The monoisotopic (exact) mass is 519 g/mol. The predicted octanol–water partition coefficient (Wildman–Crippen LogP) is 4.04. The molecular formula is C29H33N3O4S. The van der Waals surface area contributed by atoms with Gasteiger partial charge in [0.25, 0.3) is 5.56 Å². The highest BCUT2D eigenvalue weighted by Gasteiger charge is 2.33. The van der Waals surface area contributed by atoms with Crippen LogP contribution in [0.5, 0.6) is 5.75 Å². The van der Waals surface area contributed by atoms with E-state index in [0.29, 0.717) is 26.4 Å². The molecule has 194 valence electrons. The maximum atomic E-state index is 13.8. The van der Waals surface area contributed by atoms with Gasteiger partial charge in [-0.25, -0.2) is 9.79 Å². The average molecular weight is 520 g/mol. The Morgan fingerprint density at radius 3 is 2.32 bits per heavy atom. The van der Waals surface area contributed by atoms with Gasteiger partial charge in [0.15, 0.2) is 4.80 Å².